The van der Waals surface area contributed by atoms with Crippen molar-refractivity contribution < 1.29 is 19.7 Å². The van der Waals surface area contributed by atoms with Gasteiger partial charge in [0.05, 0.1) is 6.10 Å². The van der Waals surface area contributed by atoms with Crippen LogP contribution in [-0.2, 0) is 20.0 Å². The molecular formula is C18H18Br2O4. The average molecular weight is 458 g/mol. The number of carbonyl (C=O) groups excluding carboxylic acids is 1. The van der Waals surface area contributed by atoms with Gasteiger partial charge in [-0.05, 0) is 37.6 Å². The van der Waals surface area contributed by atoms with Gasteiger partial charge in [-0.15, -0.1) is 0 Å². The maximum atomic E-state index is 12.9. The van der Waals surface area contributed by atoms with Gasteiger partial charge in [-0.25, -0.2) is 14.9 Å². The molecule has 0 saturated carbocycles. The van der Waals surface area contributed by atoms with Crippen LogP contribution in [0.5, 0.6) is 0 Å². The van der Waals surface area contributed by atoms with Crippen molar-refractivity contribution in [1.82, 2.24) is 0 Å². The Bertz CT molecular complexity index is 638. The van der Waals surface area contributed by atoms with E-state index in [-0.39, 0.29) is 6.10 Å². The zero-order valence-corrected chi connectivity index (χ0v) is 16.5. The minimum Gasteiger partial charge on any atom is -0.460 e. The molecular weight excluding hydrogens is 440 g/mol. The molecule has 128 valence electrons. The lowest BCUT2D eigenvalue weighted by Crippen LogP contribution is -2.42. The van der Waals surface area contributed by atoms with Crippen LogP contribution in [0.1, 0.15) is 31.4 Å². The van der Waals surface area contributed by atoms with Crippen molar-refractivity contribution in [3.8, 4) is 0 Å². The summed E-state index contributed by atoms with van der Waals surface area (Å²) >= 11 is 6.73. The Hall–Kier alpha value is -1.21. The Morgan fingerprint density at radius 1 is 1.04 bits per heavy atom. The molecule has 1 atom stereocenters. The lowest BCUT2D eigenvalue weighted by Gasteiger charge is -2.30. The lowest BCUT2D eigenvalue weighted by molar-refractivity contribution is -0.312. The molecule has 0 amide bonds. The van der Waals surface area contributed by atoms with Crippen LogP contribution in [0.2, 0.25) is 0 Å². The minimum atomic E-state index is -1.75. The van der Waals surface area contributed by atoms with Crippen LogP contribution in [0.4, 0.5) is 0 Å². The maximum absolute atomic E-state index is 12.9. The number of halogens is 2. The molecule has 0 aliphatic rings. The van der Waals surface area contributed by atoms with Crippen LogP contribution >= 0.6 is 31.9 Å². The number of ether oxygens (including phenoxy) is 1. The van der Waals surface area contributed by atoms with Crippen molar-refractivity contribution in [1.29, 1.82) is 0 Å². The first kappa shape index (κ1) is 19.1. The fourth-order valence-corrected chi connectivity index (χ4v) is 2.79. The highest BCUT2D eigenvalue weighted by molar-refractivity contribution is 9.10. The Morgan fingerprint density at radius 2 is 1.46 bits per heavy atom. The molecule has 2 rings (SSSR count). The molecule has 2 aromatic carbocycles. The summed E-state index contributed by atoms with van der Waals surface area (Å²) in [4.78, 5) is 17.7. The number of hydrogen-bond donors (Lipinski definition) is 1. The third kappa shape index (κ3) is 3.88. The van der Waals surface area contributed by atoms with E-state index in [1.54, 1.807) is 55.5 Å². The third-order valence-corrected chi connectivity index (χ3v) is 4.87. The first-order valence-corrected chi connectivity index (χ1v) is 9.08. The van der Waals surface area contributed by atoms with E-state index in [1.165, 1.54) is 0 Å². The lowest BCUT2D eigenvalue weighted by atomic mass is 9.86. The molecule has 4 nitrogen and oxygen atoms in total. The normalized spacial score (nSPS) is 12.7. The number of hydrogen-bond acceptors (Lipinski definition) is 4. The number of rotatable bonds is 6. The number of esters is 1. The summed E-state index contributed by atoms with van der Waals surface area (Å²) in [7, 11) is 0. The molecule has 2 aromatic rings. The maximum Gasteiger partial charge on any atom is 0.351 e. The molecule has 0 bridgehead atoms. The summed E-state index contributed by atoms with van der Waals surface area (Å²) in [5.41, 5.74) is -0.794. The molecule has 0 aliphatic heterocycles. The monoisotopic (exact) mass is 456 g/mol. The van der Waals surface area contributed by atoms with Crippen molar-refractivity contribution in [3.63, 3.8) is 0 Å². The Balaban J connectivity index is 2.59. The van der Waals surface area contributed by atoms with Gasteiger partial charge in [-0.1, -0.05) is 63.0 Å². The van der Waals surface area contributed by atoms with Crippen LogP contribution in [0.15, 0.2) is 57.5 Å². The predicted molar refractivity (Wildman–Crippen MR) is 98.6 cm³/mol. The smallest absolute Gasteiger partial charge is 0.351 e. The zero-order valence-electron chi connectivity index (χ0n) is 13.3. The number of benzene rings is 2. The van der Waals surface area contributed by atoms with E-state index in [1.807, 2.05) is 6.92 Å². The summed E-state index contributed by atoms with van der Waals surface area (Å²) in [6.07, 6.45) is 0.367. The Kier molecular flexibility index (Phi) is 6.57. The highest BCUT2D eigenvalue weighted by Crippen LogP contribution is 2.36. The van der Waals surface area contributed by atoms with E-state index in [2.05, 4.69) is 31.9 Å². The molecule has 0 fully saturated rings. The van der Waals surface area contributed by atoms with Gasteiger partial charge in [0.2, 0.25) is 5.60 Å². The molecule has 0 heterocycles. The van der Waals surface area contributed by atoms with Crippen molar-refractivity contribution in [3.05, 3.63) is 68.6 Å². The van der Waals surface area contributed by atoms with E-state index >= 15 is 0 Å². The van der Waals surface area contributed by atoms with Gasteiger partial charge in [0.25, 0.3) is 0 Å². The molecule has 0 radical (unpaired) electrons. The third-order valence-electron chi connectivity index (χ3n) is 3.81. The fraction of sp³-hybridized carbons (Fsp3) is 0.278. The highest BCUT2D eigenvalue weighted by atomic mass is 79.9. The predicted octanol–water partition coefficient (Wildman–Crippen LogP) is 5.29. The zero-order chi connectivity index (χ0) is 17.7. The van der Waals surface area contributed by atoms with Crippen molar-refractivity contribution in [2.24, 2.45) is 0 Å². The van der Waals surface area contributed by atoms with Crippen molar-refractivity contribution >= 4 is 37.8 Å². The van der Waals surface area contributed by atoms with Gasteiger partial charge in [0, 0.05) is 20.1 Å². The van der Waals surface area contributed by atoms with E-state index in [9.17, 15) is 10.1 Å². The second-order valence-electron chi connectivity index (χ2n) is 5.41. The van der Waals surface area contributed by atoms with Crippen LogP contribution in [-0.4, -0.2) is 17.3 Å². The average Bonchev–Trinajstić information content (AvgIpc) is 2.58. The molecule has 6 heteroatoms. The summed E-state index contributed by atoms with van der Waals surface area (Å²) in [6, 6.07) is 13.9. The van der Waals surface area contributed by atoms with Gasteiger partial charge < -0.3 is 4.74 Å². The first-order chi connectivity index (χ1) is 11.4. The fourth-order valence-electron chi connectivity index (χ4n) is 2.26. The van der Waals surface area contributed by atoms with Crippen molar-refractivity contribution in [2.75, 3.05) is 0 Å². The van der Waals surface area contributed by atoms with Gasteiger partial charge in [-0.3, -0.25) is 0 Å². The molecule has 1 N–H and O–H groups in total. The summed E-state index contributed by atoms with van der Waals surface area (Å²) in [5.74, 6) is -0.663. The summed E-state index contributed by atoms with van der Waals surface area (Å²) in [5, 5.41) is 9.75. The topological polar surface area (TPSA) is 55.8 Å². The molecule has 0 spiro atoms. The highest BCUT2D eigenvalue weighted by Gasteiger charge is 2.46. The molecule has 24 heavy (non-hydrogen) atoms. The molecule has 1 unspecified atom stereocenters. The molecule has 0 aliphatic carbocycles. The summed E-state index contributed by atoms with van der Waals surface area (Å²) < 4.78 is 7.18. The minimum absolute atomic E-state index is 0.294. The SMILES string of the molecule is CCC(C)OC(=O)C(OO)(c1ccc(Br)cc1)c1ccc(Br)cc1. The van der Waals surface area contributed by atoms with Crippen LogP contribution < -0.4 is 0 Å². The van der Waals surface area contributed by atoms with Gasteiger partial charge >= 0.3 is 5.97 Å². The van der Waals surface area contributed by atoms with Gasteiger partial charge in [-0.2, -0.15) is 0 Å². The van der Waals surface area contributed by atoms with Crippen LogP contribution in [0.25, 0.3) is 0 Å². The van der Waals surface area contributed by atoms with Gasteiger partial charge in [0.1, 0.15) is 0 Å². The van der Waals surface area contributed by atoms with Gasteiger partial charge in [0.15, 0.2) is 0 Å². The van der Waals surface area contributed by atoms with E-state index in [4.69, 9.17) is 9.62 Å². The Labute approximate surface area is 158 Å². The van der Waals surface area contributed by atoms with E-state index < -0.39 is 11.6 Å². The first-order valence-electron chi connectivity index (χ1n) is 7.49. The number of carbonyl (C=O) groups is 1. The second-order valence-corrected chi connectivity index (χ2v) is 7.24. The molecule has 0 aromatic heterocycles. The largest absolute Gasteiger partial charge is 0.460 e. The van der Waals surface area contributed by atoms with Crippen molar-refractivity contribution in [2.45, 2.75) is 32.0 Å². The van der Waals surface area contributed by atoms with Crippen LogP contribution in [0.3, 0.4) is 0 Å². The standard InChI is InChI=1S/C18H18Br2O4/c1-3-12(2)23-17(21)18(24-22,13-4-8-15(19)9-5-13)14-6-10-16(20)11-7-14/h4-12,22H,3H2,1-2H3. The Morgan fingerprint density at radius 3 is 1.79 bits per heavy atom. The summed E-state index contributed by atoms with van der Waals surface area (Å²) in [6.45, 7) is 3.71. The van der Waals surface area contributed by atoms with Crippen LogP contribution in [0, 0.1) is 0 Å². The second kappa shape index (κ2) is 8.25. The van der Waals surface area contributed by atoms with E-state index in [0.717, 1.165) is 8.95 Å². The molecule has 0 saturated heterocycles. The quantitative estimate of drug-likeness (QED) is 0.364. The van der Waals surface area contributed by atoms with E-state index in [0.29, 0.717) is 17.5 Å².